The molecule has 0 spiro atoms. The summed E-state index contributed by atoms with van der Waals surface area (Å²) in [6.07, 6.45) is -1.64. The number of rotatable bonds is 6. The molecular weight excluding hydrogens is 473 g/mol. The van der Waals surface area contributed by atoms with Crippen molar-refractivity contribution in [2.45, 2.75) is 38.5 Å². The van der Waals surface area contributed by atoms with Gasteiger partial charge in [0, 0.05) is 25.1 Å². The van der Waals surface area contributed by atoms with Gasteiger partial charge in [0.2, 0.25) is 0 Å². The van der Waals surface area contributed by atoms with Crippen molar-refractivity contribution in [2.24, 2.45) is 0 Å². The molecule has 3 heterocycles. The van der Waals surface area contributed by atoms with E-state index in [4.69, 9.17) is 9.26 Å². The molecule has 0 aliphatic carbocycles. The number of imidazole rings is 1. The number of ether oxygens (including phenoxy) is 1. The number of aromatic nitrogens is 3. The number of nitrogens with one attached hydrogen (secondary N) is 1. The third kappa shape index (κ3) is 5.13. The zero-order valence-corrected chi connectivity index (χ0v) is 19.9. The Hall–Kier alpha value is -3.66. The quantitative estimate of drug-likeness (QED) is 0.356. The van der Waals surface area contributed by atoms with E-state index in [0.717, 1.165) is 43.6 Å². The zero-order chi connectivity index (χ0) is 25.4. The Morgan fingerprint density at radius 1 is 1.19 bits per heavy atom. The second kappa shape index (κ2) is 9.42. The Labute approximate surface area is 205 Å². The molecule has 10 heteroatoms. The van der Waals surface area contributed by atoms with Gasteiger partial charge < -0.3 is 19.1 Å². The summed E-state index contributed by atoms with van der Waals surface area (Å²) in [4.78, 5) is 22.3. The first-order valence-corrected chi connectivity index (χ1v) is 11.7. The normalized spacial score (nSPS) is 15.5. The smallest absolute Gasteiger partial charge is 0.416 e. The third-order valence-corrected chi connectivity index (χ3v) is 6.44. The highest BCUT2D eigenvalue weighted by molar-refractivity contribution is 5.98. The van der Waals surface area contributed by atoms with Crippen LogP contribution in [0, 0.1) is 6.92 Å². The number of ketones is 1. The minimum absolute atomic E-state index is 0.129. The number of aromatic amines is 1. The molecule has 0 saturated carbocycles. The molecule has 5 rings (SSSR count). The molecular formula is C26H25F3N4O3. The van der Waals surface area contributed by atoms with Crippen molar-refractivity contribution in [1.29, 1.82) is 0 Å². The summed E-state index contributed by atoms with van der Waals surface area (Å²) in [5, 5.41) is 3.64. The maximum Gasteiger partial charge on any atom is 0.416 e. The maximum atomic E-state index is 13.7. The van der Waals surface area contributed by atoms with Crippen LogP contribution in [0.3, 0.4) is 0 Å². The van der Waals surface area contributed by atoms with Gasteiger partial charge in [-0.3, -0.25) is 4.79 Å². The first kappa shape index (κ1) is 24.1. The average molecular weight is 499 g/mol. The van der Waals surface area contributed by atoms with Crippen LogP contribution in [0.4, 0.5) is 13.2 Å². The average Bonchev–Trinajstić information content (AvgIpc) is 3.45. The molecule has 2 aromatic heterocycles. The molecule has 7 nitrogen and oxygen atoms in total. The monoisotopic (exact) mass is 498 g/mol. The molecule has 0 atom stereocenters. The summed E-state index contributed by atoms with van der Waals surface area (Å²) in [7, 11) is 2.01. The summed E-state index contributed by atoms with van der Waals surface area (Å²) in [5.41, 5.74) is 1.84. The number of alkyl halides is 3. The van der Waals surface area contributed by atoms with E-state index in [1.807, 2.05) is 7.05 Å². The van der Waals surface area contributed by atoms with E-state index in [9.17, 15) is 18.0 Å². The van der Waals surface area contributed by atoms with E-state index in [2.05, 4.69) is 20.0 Å². The van der Waals surface area contributed by atoms with E-state index in [-0.39, 0.29) is 29.6 Å². The first-order valence-electron chi connectivity index (χ1n) is 11.7. The van der Waals surface area contributed by atoms with E-state index < -0.39 is 11.7 Å². The number of aryl methyl sites for hydroxylation is 1. The second-order valence-electron chi connectivity index (χ2n) is 9.20. The number of hydrogen-bond donors (Lipinski definition) is 1. The topological polar surface area (TPSA) is 84.2 Å². The van der Waals surface area contributed by atoms with Gasteiger partial charge in [-0.1, -0.05) is 11.2 Å². The van der Waals surface area contributed by atoms with Crippen LogP contribution < -0.4 is 4.74 Å². The van der Waals surface area contributed by atoms with Gasteiger partial charge in [0.25, 0.3) is 0 Å². The van der Waals surface area contributed by atoms with Crippen LogP contribution in [0.15, 0.2) is 47.1 Å². The molecule has 1 saturated heterocycles. The lowest BCUT2D eigenvalue weighted by molar-refractivity contribution is -0.137. The molecule has 1 aliphatic rings. The van der Waals surface area contributed by atoms with E-state index in [0.29, 0.717) is 28.2 Å². The molecule has 0 bridgehead atoms. The van der Waals surface area contributed by atoms with Gasteiger partial charge in [-0.15, -0.1) is 0 Å². The number of H-pyrrole nitrogens is 1. The molecule has 1 fully saturated rings. The van der Waals surface area contributed by atoms with Crippen LogP contribution in [0.1, 0.15) is 40.1 Å². The number of likely N-dealkylation sites (tertiary alicyclic amines) is 1. The fourth-order valence-electron chi connectivity index (χ4n) is 4.41. The number of nitrogens with zero attached hydrogens (tertiary/aromatic N) is 3. The summed E-state index contributed by atoms with van der Waals surface area (Å²) in [6.45, 7) is 3.34. The van der Waals surface area contributed by atoms with Crippen molar-refractivity contribution >= 4 is 16.8 Å². The highest BCUT2D eigenvalue weighted by atomic mass is 19.4. The number of benzene rings is 2. The fraction of sp³-hybridized carbons (Fsp3) is 0.346. The molecule has 0 radical (unpaired) electrons. The number of piperidine rings is 1. The lowest BCUT2D eigenvalue weighted by Crippen LogP contribution is -2.35. The summed E-state index contributed by atoms with van der Waals surface area (Å²) in [5.74, 6) is 0.780. The number of fused-ring (bicyclic) bond motifs is 1. The van der Waals surface area contributed by atoms with Gasteiger partial charge in [0.15, 0.2) is 5.78 Å². The zero-order valence-electron chi connectivity index (χ0n) is 19.9. The first-order chi connectivity index (χ1) is 17.2. The van der Waals surface area contributed by atoms with Crippen LogP contribution >= 0.6 is 0 Å². The van der Waals surface area contributed by atoms with Gasteiger partial charge >= 0.3 is 6.18 Å². The van der Waals surface area contributed by atoms with Crippen LogP contribution in [-0.2, 0) is 12.6 Å². The van der Waals surface area contributed by atoms with Crippen molar-refractivity contribution in [1.82, 2.24) is 20.0 Å². The van der Waals surface area contributed by atoms with E-state index in [1.54, 1.807) is 31.2 Å². The minimum atomic E-state index is -4.53. The fourth-order valence-corrected chi connectivity index (χ4v) is 4.41. The number of carbonyl (C=O) groups is 1. The predicted molar refractivity (Wildman–Crippen MR) is 127 cm³/mol. The van der Waals surface area contributed by atoms with E-state index >= 15 is 0 Å². The van der Waals surface area contributed by atoms with Crippen molar-refractivity contribution in [3.63, 3.8) is 0 Å². The number of hydrogen-bond acceptors (Lipinski definition) is 6. The van der Waals surface area contributed by atoms with Gasteiger partial charge in [0.05, 0.1) is 28.4 Å². The Kier molecular flexibility index (Phi) is 6.29. The lowest BCUT2D eigenvalue weighted by atomic mass is 10.0. The molecule has 2 aromatic carbocycles. The summed E-state index contributed by atoms with van der Waals surface area (Å²) in [6, 6.07) is 8.98. The van der Waals surface area contributed by atoms with Crippen LogP contribution in [-0.4, -0.2) is 52.0 Å². The van der Waals surface area contributed by atoms with Gasteiger partial charge in [-0.2, -0.15) is 13.2 Å². The molecule has 1 aliphatic heterocycles. The van der Waals surface area contributed by atoms with Crippen molar-refractivity contribution in [2.75, 3.05) is 20.1 Å². The molecule has 36 heavy (non-hydrogen) atoms. The maximum absolute atomic E-state index is 13.7. The number of carbonyl (C=O) groups excluding carboxylic acids is 1. The molecule has 188 valence electrons. The third-order valence-electron chi connectivity index (χ3n) is 6.44. The van der Waals surface area contributed by atoms with E-state index in [1.165, 1.54) is 6.20 Å². The second-order valence-corrected chi connectivity index (χ2v) is 9.20. The molecule has 1 N–H and O–H groups in total. The standard InChI is InChI=1S/C26H25F3N4O3/c1-15-21(14-30-36-15)24(34)10-16-3-4-22-23(9-16)32-25(31-22)17-11-18(26(27,28)29)13-20(12-17)35-19-5-7-33(2)8-6-19/h3-4,9,11-14,19H,5-8,10H2,1-2H3,(H,31,32). The Morgan fingerprint density at radius 2 is 1.97 bits per heavy atom. The lowest BCUT2D eigenvalue weighted by Gasteiger charge is -2.29. The Bertz CT molecular complexity index is 1400. The molecule has 0 unspecified atom stereocenters. The highest BCUT2D eigenvalue weighted by Gasteiger charge is 2.32. The van der Waals surface area contributed by atoms with Gasteiger partial charge in [-0.25, -0.2) is 4.98 Å². The predicted octanol–water partition coefficient (Wildman–Crippen LogP) is 5.44. The van der Waals surface area contributed by atoms with Crippen molar-refractivity contribution in [3.05, 3.63) is 65.0 Å². The Morgan fingerprint density at radius 3 is 2.67 bits per heavy atom. The largest absolute Gasteiger partial charge is 0.490 e. The van der Waals surface area contributed by atoms with Crippen LogP contribution in [0.5, 0.6) is 5.75 Å². The van der Waals surface area contributed by atoms with Gasteiger partial charge in [-0.05, 0) is 62.7 Å². The van der Waals surface area contributed by atoms with Crippen molar-refractivity contribution < 1.29 is 27.2 Å². The summed E-state index contributed by atoms with van der Waals surface area (Å²) >= 11 is 0. The SMILES string of the molecule is Cc1oncc1C(=O)Cc1ccc2nc(-c3cc(OC4CCN(C)CC4)cc(C(F)(F)F)c3)[nH]c2c1. The number of Topliss-reactive ketones (excluding diaryl/α,β-unsaturated/α-hetero) is 1. The molecule has 0 amide bonds. The highest BCUT2D eigenvalue weighted by Crippen LogP contribution is 2.36. The summed E-state index contributed by atoms with van der Waals surface area (Å²) < 4.78 is 52.0. The van der Waals surface area contributed by atoms with Gasteiger partial charge in [0.1, 0.15) is 23.4 Å². The van der Waals surface area contributed by atoms with Crippen LogP contribution in [0.2, 0.25) is 0 Å². The van der Waals surface area contributed by atoms with Crippen molar-refractivity contribution in [3.8, 4) is 17.1 Å². The minimum Gasteiger partial charge on any atom is -0.490 e. The van der Waals surface area contributed by atoms with Crippen LogP contribution in [0.25, 0.3) is 22.4 Å². The number of halogens is 3. The molecule has 4 aromatic rings. The Balaban J connectivity index is 1.43.